The van der Waals surface area contributed by atoms with Gasteiger partial charge in [-0.05, 0) is 47.2 Å². The zero-order valence-electron chi connectivity index (χ0n) is 20.9. The maximum atomic E-state index is 13.8. The lowest BCUT2D eigenvalue weighted by molar-refractivity contribution is 0.414. The van der Waals surface area contributed by atoms with E-state index in [4.69, 9.17) is 14.1 Å². The minimum Gasteiger partial charge on any atom is -0.497 e. The molecule has 36 heavy (non-hydrogen) atoms. The van der Waals surface area contributed by atoms with E-state index in [1.807, 2.05) is 36.4 Å². The van der Waals surface area contributed by atoms with E-state index >= 15 is 0 Å². The van der Waals surface area contributed by atoms with Gasteiger partial charge < -0.3 is 9.15 Å². The number of nitrogens with zero attached hydrogens (tertiary/aromatic N) is 2. The smallest absolute Gasteiger partial charge is 0.269 e. The van der Waals surface area contributed by atoms with Gasteiger partial charge in [0.1, 0.15) is 17.2 Å². The van der Waals surface area contributed by atoms with Crippen LogP contribution >= 0.6 is 0 Å². The number of benzene rings is 3. The fourth-order valence-corrected chi connectivity index (χ4v) is 4.37. The molecule has 0 saturated heterocycles. The Bertz CT molecular complexity index is 1670. The molecule has 6 heteroatoms. The Balaban J connectivity index is 1.69. The zero-order valence-corrected chi connectivity index (χ0v) is 20.9. The third-order valence-corrected chi connectivity index (χ3v) is 6.49. The Hall–Kier alpha value is -4.19. The molecule has 0 fully saturated rings. The Kier molecular flexibility index (Phi) is 5.96. The van der Waals surface area contributed by atoms with Crippen molar-refractivity contribution in [3.05, 3.63) is 105 Å². The predicted molar refractivity (Wildman–Crippen MR) is 143 cm³/mol. The van der Waals surface area contributed by atoms with Crippen molar-refractivity contribution in [2.24, 2.45) is 0 Å². The second-order valence-electron chi connectivity index (χ2n) is 9.93. The van der Waals surface area contributed by atoms with E-state index in [1.165, 1.54) is 5.56 Å². The predicted octanol–water partition coefficient (Wildman–Crippen LogP) is 5.72. The van der Waals surface area contributed by atoms with Gasteiger partial charge >= 0.3 is 0 Å². The highest BCUT2D eigenvalue weighted by Gasteiger charge is 2.20. The summed E-state index contributed by atoms with van der Waals surface area (Å²) in [5.74, 6) is 1.24. The van der Waals surface area contributed by atoms with Crippen molar-refractivity contribution < 1.29 is 9.15 Å². The third-order valence-electron chi connectivity index (χ3n) is 6.49. The molecule has 0 bridgehead atoms. The van der Waals surface area contributed by atoms with Crippen LogP contribution in [0.5, 0.6) is 5.75 Å². The largest absolute Gasteiger partial charge is 0.497 e. The fraction of sp³-hybridized carbons (Fsp3) is 0.233. The fourth-order valence-electron chi connectivity index (χ4n) is 4.37. The standard InChI is InChI=1S/C30H28N2O4/c1-30(2,3)21-13-11-20(12-14-21)27-31-28-25(26(33)23-7-5-6-8-24(23)36-28)29(34)32(27)18-17-19-9-15-22(35-4)16-10-19/h5-16H,17-18H2,1-4H3. The number of fused-ring (bicyclic) bond motifs is 2. The van der Waals surface area contributed by atoms with Crippen LogP contribution in [-0.4, -0.2) is 16.7 Å². The van der Waals surface area contributed by atoms with Crippen LogP contribution in [-0.2, 0) is 18.4 Å². The molecule has 0 aliphatic carbocycles. The van der Waals surface area contributed by atoms with Crippen LogP contribution in [0.25, 0.3) is 33.5 Å². The van der Waals surface area contributed by atoms with Gasteiger partial charge in [-0.25, -0.2) is 0 Å². The molecule has 0 radical (unpaired) electrons. The lowest BCUT2D eigenvalue weighted by Gasteiger charge is -2.19. The van der Waals surface area contributed by atoms with Gasteiger partial charge in [0.15, 0.2) is 5.39 Å². The normalized spacial score (nSPS) is 11.8. The third kappa shape index (κ3) is 4.31. The molecule has 0 atom stereocenters. The number of methoxy groups -OCH3 is 1. The van der Waals surface area contributed by atoms with Gasteiger partial charge in [0.2, 0.25) is 11.1 Å². The summed E-state index contributed by atoms with van der Waals surface area (Å²) >= 11 is 0. The number of aromatic nitrogens is 2. The number of rotatable bonds is 5. The number of hydrogen-bond acceptors (Lipinski definition) is 5. The minimum absolute atomic E-state index is 0.00488. The van der Waals surface area contributed by atoms with Gasteiger partial charge in [0, 0.05) is 12.1 Å². The second kappa shape index (κ2) is 9.11. The van der Waals surface area contributed by atoms with Crippen molar-refractivity contribution in [1.29, 1.82) is 0 Å². The Morgan fingerprint density at radius 2 is 1.61 bits per heavy atom. The van der Waals surface area contributed by atoms with Crippen molar-refractivity contribution in [1.82, 2.24) is 9.55 Å². The van der Waals surface area contributed by atoms with Crippen molar-refractivity contribution in [2.45, 2.75) is 39.2 Å². The maximum Gasteiger partial charge on any atom is 0.269 e. The van der Waals surface area contributed by atoms with Crippen LogP contribution in [0.4, 0.5) is 0 Å². The molecule has 2 aromatic heterocycles. The topological polar surface area (TPSA) is 74.3 Å². The first-order valence-electron chi connectivity index (χ1n) is 12.0. The van der Waals surface area contributed by atoms with E-state index in [2.05, 4.69) is 32.9 Å². The monoisotopic (exact) mass is 480 g/mol. The van der Waals surface area contributed by atoms with Crippen molar-refractivity contribution in [3.63, 3.8) is 0 Å². The van der Waals surface area contributed by atoms with E-state index in [0.717, 1.165) is 16.9 Å². The van der Waals surface area contributed by atoms with Crippen molar-refractivity contribution in [2.75, 3.05) is 7.11 Å². The number of ether oxygens (including phenoxy) is 1. The van der Waals surface area contributed by atoms with Gasteiger partial charge in [0.05, 0.1) is 12.5 Å². The maximum absolute atomic E-state index is 13.8. The highest BCUT2D eigenvalue weighted by Crippen LogP contribution is 2.26. The highest BCUT2D eigenvalue weighted by molar-refractivity contribution is 5.88. The number of aryl methyl sites for hydroxylation is 1. The first-order valence-corrected chi connectivity index (χ1v) is 12.0. The molecule has 0 aliphatic heterocycles. The first kappa shape index (κ1) is 23.5. The van der Waals surface area contributed by atoms with Gasteiger partial charge in [-0.3, -0.25) is 14.2 Å². The zero-order chi connectivity index (χ0) is 25.4. The summed E-state index contributed by atoms with van der Waals surface area (Å²) in [5.41, 5.74) is 2.70. The summed E-state index contributed by atoms with van der Waals surface area (Å²) in [6.45, 7) is 6.82. The molecule has 6 nitrogen and oxygen atoms in total. The minimum atomic E-state index is -0.400. The molecule has 0 N–H and O–H groups in total. The van der Waals surface area contributed by atoms with Crippen LogP contribution in [0, 0.1) is 0 Å². The molecule has 0 unspecified atom stereocenters. The average molecular weight is 481 g/mol. The molecule has 0 spiro atoms. The lowest BCUT2D eigenvalue weighted by Crippen LogP contribution is -2.28. The van der Waals surface area contributed by atoms with Gasteiger partial charge in [-0.2, -0.15) is 4.98 Å². The molecule has 0 saturated carbocycles. The Morgan fingerprint density at radius 1 is 0.917 bits per heavy atom. The summed E-state index contributed by atoms with van der Waals surface area (Å²) in [5, 5.41) is 0.339. The van der Waals surface area contributed by atoms with E-state index in [0.29, 0.717) is 29.8 Å². The van der Waals surface area contributed by atoms with Crippen molar-refractivity contribution >= 4 is 22.1 Å². The molecular formula is C30H28N2O4. The summed E-state index contributed by atoms with van der Waals surface area (Å²) in [6, 6.07) is 22.7. The molecule has 3 aromatic carbocycles. The molecular weight excluding hydrogens is 452 g/mol. The highest BCUT2D eigenvalue weighted by atomic mass is 16.5. The summed E-state index contributed by atoms with van der Waals surface area (Å²) in [7, 11) is 1.63. The van der Waals surface area contributed by atoms with E-state index in [9.17, 15) is 9.59 Å². The van der Waals surface area contributed by atoms with E-state index in [1.54, 1.807) is 35.9 Å². The summed E-state index contributed by atoms with van der Waals surface area (Å²) in [6.07, 6.45) is 0.586. The van der Waals surface area contributed by atoms with E-state index in [-0.39, 0.29) is 21.9 Å². The van der Waals surface area contributed by atoms with Gasteiger partial charge in [-0.1, -0.05) is 69.3 Å². The summed E-state index contributed by atoms with van der Waals surface area (Å²) in [4.78, 5) is 31.8. The number of hydrogen-bond donors (Lipinski definition) is 0. The SMILES string of the molecule is COc1ccc(CCn2c(-c3ccc(C(C)(C)C)cc3)nc3oc4ccccc4c(=O)c3c2=O)cc1. The summed E-state index contributed by atoms with van der Waals surface area (Å²) < 4.78 is 12.8. The quantitative estimate of drug-likeness (QED) is 0.301. The second-order valence-corrected chi connectivity index (χ2v) is 9.93. The molecule has 182 valence electrons. The van der Waals surface area contributed by atoms with Crippen LogP contribution < -0.4 is 15.7 Å². The van der Waals surface area contributed by atoms with Crippen molar-refractivity contribution in [3.8, 4) is 17.1 Å². The first-order chi connectivity index (χ1) is 17.3. The number of para-hydroxylation sites is 1. The Morgan fingerprint density at radius 3 is 2.28 bits per heavy atom. The van der Waals surface area contributed by atoms with Gasteiger partial charge in [0.25, 0.3) is 5.56 Å². The lowest BCUT2D eigenvalue weighted by atomic mass is 9.86. The van der Waals surface area contributed by atoms with Gasteiger partial charge in [-0.15, -0.1) is 0 Å². The Labute approximate surface area is 208 Å². The molecule has 5 rings (SSSR count). The van der Waals surface area contributed by atoms with E-state index < -0.39 is 5.56 Å². The molecule has 0 amide bonds. The molecule has 5 aromatic rings. The van der Waals surface area contributed by atoms with Crippen LogP contribution in [0.15, 0.2) is 86.8 Å². The molecule has 0 aliphatic rings. The van der Waals surface area contributed by atoms with Crippen LogP contribution in [0.2, 0.25) is 0 Å². The average Bonchev–Trinajstić information content (AvgIpc) is 2.88. The van der Waals surface area contributed by atoms with Crippen LogP contribution in [0.3, 0.4) is 0 Å². The molecule has 2 heterocycles. The van der Waals surface area contributed by atoms with Crippen LogP contribution in [0.1, 0.15) is 31.9 Å².